The molecular formula is C24H25N3. The Morgan fingerprint density at radius 3 is 1.63 bits per heavy atom. The second kappa shape index (κ2) is 7.67. The van der Waals surface area contributed by atoms with Gasteiger partial charge in [0.15, 0.2) is 5.96 Å². The molecule has 0 bridgehead atoms. The van der Waals surface area contributed by atoms with Gasteiger partial charge in [-0.15, -0.1) is 0 Å². The lowest BCUT2D eigenvalue weighted by Gasteiger charge is -2.20. The molecule has 27 heavy (non-hydrogen) atoms. The number of nitrogens with zero attached hydrogens (tertiary/aromatic N) is 1. The zero-order valence-corrected chi connectivity index (χ0v) is 15.8. The number of hydrogen-bond donors (Lipinski definition) is 2. The monoisotopic (exact) mass is 355 g/mol. The molecule has 1 heterocycles. The predicted octanol–water partition coefficient (Wildman–Crippen LogP) is 4.83. The molecule has 1 fully saturated rings. The fourth-order valence-corrected chi connectivity index (χ4v) is 3.45. The number of aliphatic imine (C=N–C) groups is 1. The van der Waals surface area contributed by atoms with Gasteiger partial charge in [-0.25, -0.2) is 4.99 Å². The van der Waals surface area contributed by atoms with Crippen LogP contribution in [0.4, 0.5) is 0 Å². The van der Waals surface area contributed by atoms with Crippen molar-refractivity contribution in [2.75, 3.05) is 0 Å². The van der Waals surface area contributed by atoms with Crippen LogP contribution in [0.25, 0.3) is 0 Å². The average Bonchev–Trinajstić information content (AvgIpc) is 3.13. The van der Waals surface area contributed by atoms with Gasteiger partial charge >= 0.3 is 0 Å². The second-order valence-electron chi connectivity index (χ2n) is 7.22. The third-order valence-corrected chi connectivity index (χ3v) is 5.05. The van der Waals surface area contributed by atoms with Crippen LogP contribution in [0.2, 0.25) is 0 Å². The summed E-state index contributed by atoms with van der Waals surface area (Å²) >= 11 is 0. The fraction of sp³-hybridized carbons (Fsp3) is 0.208. The molecule has 0 radical (unpaired) electrons. The topological polar surface area (TPSA) is 36.4 Å². The molecule has 0 aliphatic carbocycles. The molecule has 0 aromatic heterocycles. The zero-order chi connectivity index (χ0) is 18.6. The summed E-state index contributed by atoms with van der Waals surface area (Å²) in [7, 11) is 0. The van der Waals surface area contributed by atoms with Crippen molar-refractivity contribution in [1.82, 2.24) is 10.6 Å². The van der Waals surface area contributed by atoms with Gasteiger partial charge in [0.1, 0.15) is 0 Å². The first-order chi connectivity index (χ1) is 13.2. The summed E-state index contributed by atoms with van der Waals surface area (Å²) in [6.45, 7) is 4.90. The van der Waals surface area contributed by atoms with Gasteiger partial charge in [0.05, 0.1) is 18.6 Å². The number of hydrogen-bond acceptors (Lipinski definition) is 1. The van der Waals surface area contributed by atoms with Gasteiger partial charge in [-0.3, -0.25) is 0 Å². The number of benzene rings is 3. The highest BCUT2D eigenvalue weighted by molar-refractivity contribution is 5.83. The fourth-order valence-electron chi connectivity index (χ4n) is 3.45. The molecule has 2 N–H and O–H groups in total. The van der Waals surface area contributed by atoms with Gasteiger partial charge in [0.25, 0.3) is 0 Å². The van der Waals surface area contributed by atoms with Crippen molar-refractivity contribution in [2.24, 2.45) is 4.99 Å². The summed E-state index contributed by atoms with van der Waals surface area (Å²) in [6.07, 6.45) is 0. The second-order valence-corrected chi connectivity index (χ2v) is 7.22. The highest BCUT2D eigenvalue weighted by atomic mass is 15.3. The molecule has 0 spiro atoms. The molecule has 3 nitrogen and oxygen atoms in total. The van der Waals surface area contributed by atoms with Crippen LogP contribution < -0.4 is 10.6 Å². The van der Waals surface area contributed by atoms with Crippen molar-refractivity contribution in [3.05, 3.63) is 107 Å². The Morgan fingerprint density at radius 1 is 0.667 bits per heavy atom. The van der Waals surface area contributed by atoms with Gasteiger partial charge in [-0.2, -0.15) is 0 Å². The lowest BCUT2D eigenvalue weighted by molar-refractivity contribution is 0.553. The van der Waals surface area contributed by atoms with Gasteiger partial charge in [-0.05, 0) is 30.5 Å². The van der Waals surface area contributed by atoms with Gasteiger partial charge in [-0.1, -0.05) is 90.0 Å². The Bertz CT molecular complexity index is 857. The van der Waals surface area contributed by atoms with E-state index >= 15 is 0 Å². The Hall–Kier alpha value is -3.07. The van der Waals surface area contributed by atoms with Crippen molar-refractivity contribution < 1.29 is 0 Å². The first-order valence-corrected chi connectivity index (χ1v) is 9.43. The van der Waals surface area contributed by atoms with E-state index in [1.54, 1.807) is 0 Å². The highest BCUT2D eigenvalue weighted by Gasteiger charge is 2.32. The Balaban J connectivity index is 1.61. The van der Waals surface area contributed by atoms with Gasteiger partial charge in [0, 0.05) is 0 Å². The molecule has 0 saturated carbocycles. The summed E-state index contributed by atoms with van der Waals surface area (Å²) < 4.78 is 0. The first kappa shape index (κ1) is 17.3. The van der Waals surface area contributed by atoms with Crippen LogP contribution in [-0.2, 0) is 6.54 Å². The molecule has 3 heteroatoms. The van der Waals surface area contributed by atoms with Crippen molar-refractivity contribution in [1.29, 1.82) is 0 Å². The predicted molar refractivity (Wildman–Crippen MR) is 112 cm³/mol. The van der Waals surface area contributed by atoms with E-state index in [2.05, 4.69) is 97.3 Å². The maximum absolute atomic E-state index is 4.77. The lowest BCUT2D eigenvalue weighted by atomic mass is 9.94. The van der Waals surface area contributed by atoms with E-state index in [4.69, 9.17) is 4.99 Å². The molecule has 2 atom stereocenters. The zero-order valence-electron chi connectivity index (χ0n) is 15.8. The number of nitrogens with one attached hydrogen (secondary N) is 2. The van der Waals surface area contributed by atoms with E-state index in [1.165, 1.54) is 27.8 Å². The minimum atomic E-state index is 0.155. The van der Waals surface area contributed by atoms with E-state index in [1.807, 2.05) is 6.07 Å². The number of rotatable bonds is 4. The Kier molecular flexibility index (Phi) is 4.93. The Labute approximate surface area is 161 Å². The van der Waals surface area contributed by atoms with E-state index in [9.17, 15) is 0 Å². The first-order valence-electron chi connectivity index (χ1n) is 9.43. The average molecular weight is 355 g/mol. The van der Waals surface area contributed by atoms with Crippen LogP contribution in [-0.4, -0.2) is 5.96 Å². The largest absolute Gasteiger partial charge is 0.347 e. The third kappa shape index (κ3) is 4.03. The molecule has 0 amide bonds. The van der Waals surface area contributed by atoms with Crippen LogP contribution in [0.15, 0.2) is 83.9 Å². The minimum absolute atomic E-state index is 0.155. The van der Waals surface area contributed by atoms with E-state index in [-0.39, 0.29) is 12.1 Å². The quantitative estimate of drug-likeness (QED) is 0.703. The van der Waals surface area contributed by atoms with Crippen LogP contribution in [0, 0.1) is 13.8 Å². The number of guanidine groups is 1. The summed E-state index contributed by atoms with van der Waals surface area (Å²) in [5.41, 5.74) is 6.29. The molecule has 4 rings (SSSR count). The maximum atomic E-state index is 4.77. The van der Waals surface area contributed by atoms with E-state index < -0.39 is 0 Å². The third-order valence-electron chi connectivity index (χ3n) is 5.05. The minimum Gasteiger partial charge on any atom is -0.347 e. The van der Waals surface area contributed by atoms with Crippen LogP contribution in [0.5, 0.6) is 0 Å². The van der Waals surface area contributed by atoms with E-state index in [0.717, 1.165) is 5.96 Å². The van der Waals surface area contributed by atoms with Crippen molar-refractivity contribution in [3.8, 4) is 0 Å². The van der Waals surface area contributed by atoms with Gasteiger partial charge in [0.2, 0.25) is 0 Å². The van der Waals surface area contributed by atoms with Crippen molar-refractivity contribution >= 4 is 5.96 Å². The maximum Gasteiger partial charge on any atom is 0.192 e. The van der Waals surface area contributed by atoms with E-state index in [0.29, 0.717) is 6.54 Å². The van der Waals surface area contributed by atoms with Crippen LogP contribution in [0.1, 0.15) is 39.9 Å². The van der Waals surface area contributed by atoms with Gasteiger partial charge < -0.3 is 10.6 Å². The molecular weight excluding hydrogens is 330 g/mol. The molecule has 2 unspecified atom stereocenters. The van der Waals surface area contributed by atoms with Crippen LogP contribution in [0.3, 0.4) is 0 Å². The molecule has 3 aromatic rings. The molecule has 136 valence electrons. The molecule has 3 aromatic carbocycles. The summed E-state index contributed by atoms with van der Waals surface area (Å²) in [4.78, 5) is 4.77. The normalized spacial score (nSPS) is 18.7. The molecule has 1 aliphatic rings. The summed E-state index contributed by atoms with van der Waals surface area (Å²) in [6, 6.07) is 28.1. The Morgan fingerprint density at radius 2 is 1.15 bits per heavy atom. The van der Waals surface area contributed by atoms with Crippen molar-refractivity contribution in [3.63, 3.8) is 0 Å². The van der Waals surface area contributed by atoms with Crippen LogP contribution >= 0.6 is 0 Å². The van der Waals surface area contributed by atoms with Crippen molar-refractivity contribution in [2.45, 2.75) is 32.5 Å². The smallest absolute Gasteiger partial charge is 0.192 e. The molecule has 1 saturated heterocycles. The summed E-state index contributed by atoms with van der Waals surface area (Å²) in [5.74, 6) is 0.856. The lowest BCUT2D eigenvalue weighted by Crippen LogP contribution is -2.25. The SMILES string of the molecule is Cc1ccc(C2NC(=NCc3ccccc3)NC2c2ccc(C)cc2)cc1. The molecule has 1 aliphatic heterocycles. The number of aryl methyl sites for hydroxylation is 2. The highest BCUT2D eigenvalue weighted by Crippen LogP contribution is 2.32. The summed E-state index contributed by atoms with van der Waals surface area (Å²) in [5, 5.41) is 7.20. The standard InChI is InChI=1S/C24H25N3/c1-17-8-12-20(13-9-17)22-23(21-14-10-18(2)11-15-21)27-24(26-22)25-16-19-6-4-3-5-7-19/h3-15,22-23H,16H2,1-2H3,(H2,25,26,27).